The lowest BCUT2D eigenvalue weighted by molar-refractivity contribution is -0.136. The summed E-state index contributed by atoms with van der Waals surface area (Å²) < 4.78 is 16.6. The first-order chi connectivity index (χ1) is 12.4. The van der Waals surface area contributed by atoms with Gasteiger partial charge < -0.3 is 15.0 Å². The van der Waals surface area contributed by atoms with E-state index in [9.17, 15) is 14.0 Å². The van der Waals surface area contributed by atoms with Crippen molar-refractivity contribution in [2.45, 2.75) is 10.8 Å². The average Bonchev–Trinajstić information content (AvgIpc) is 2.94. The number of carboxylic acid groups (broad SMARTS) is 1. The Morgan fingerprint density at radius 3 is 2.65 bits per heavy atom. The largest absolute Gasteiger partial charge is 0.481 e. The van der Waals surface area contributed by atoms with E-state index in [1.54, 1.807) is 6.20 Å². The number of amides is 1. The minimum atomic E-state index is -1.10. The van der Waals surface area contributed by atoms with Gasteiger partial charge in [-0.2, -0.15) is 0 Å². The third kappa shape index (κ3) is 3.57. The summed E-state index contributed by atoms with van der Waals surface area (Å²) >= 11 is 2.10. The third-order valence-corrected chi connectivity index (χ3v) is 4.97. The van der Waals surface area contributed by atoms with Crippen LogP contribution in [-0.2, 0) is 22.7 Å². The molecule has 0 spiro atoms. The van der Waals surface area contributed by atoms with Crippen LogP contribution in [0.15, 0.2) is 42.6 Å². The molecule has 3 rings (SSSR count). The topological polar surface area (TPSA) is 71.3 Å². The fourth-order valence-electron chi connectivity index (χ4n) is 2.91. The van der Waals surface area contributed by atoms with Gasteiger partial charge in [-0.1, -0.05) is 40.8 Å². The Balaban J connectivity index is 1.96. The van der Waals surface area contributed by atoms with E-state index < -0.39 is 18.2 Å². The van der Waals surface area contributed by atoms with Crippen LogP contribution in [0.2, 0.25) is 0 Å². The highest BCUT2D eigenvalue weighted by Crippen LogP contribution is 2.26. The van der Waals surface area contributed by atoms with E-state index in [1.165, 1.54) is 12.1 Å². The Kier molecular flexibility index (Phi) is 5.26. The zero-order valence-corrected chi connectivity index (χ0v) is 16.1. The lowest BCUT2D eigenvalue weighted by Crippen LogP contribution is -2.14. The number of halogens is 2. The summed E-state index contributed by atoms with van der Waals surface area (Å²) in [4.78, 5) is 23.6. The van der Waals surface area contributed by atoms with Crippen molar-refractivity contribution in [3.05, 3.63) is 65.1 Å². The first-order valence-corrected chi connectivity index (χ1v) is 9.37. The van der Waals surface area contributed by atoms with Gasteiger partial charge in [-0.25, -0.2) is 4.39 Å². The molecule has 1 aromatic heterocycles. The van der Waals surface area contributed by atoms with Crippen molar-refractivity contribution in [1.82, 2.24) is 4.57 Å². The van der Waals surface area contributed by atoms with Crippen LogP contribution in [0.3, 0.4) is 0 Å². The Hall–Kier alpha value is -2.42. The molecule has 3 aromatic rings. The van der Waals surface area contributed by atoms with Gasteiger partial charge in [-0.3, -0.25) is 9.59 Å². The Morgan fingerprint density at radius 2 is 1.96 bits per heavy atom. The maximum atomic E-state index is 14.2. The molecule has 1 heterocycles. The molecule has 0 aliphatic heterocycles. The van der Waals surface area contributed by atoms with E-state index in [1.807, 2.05) is 35.9 Å². The van der Waals surface area contributed by atoms with Gasteiger partial charge in [0, 0.05) is 34.3 Å². The molecule has 5 nitrogen and oxygen atoms in total. The standard InChI is InChI=1S/C19H16FIN2O3/c1-23-10-14(13-4-2-3-5-17(13)23)19(26)22-16-8-15(20)11(7-18(24)25)6-12(16)9-21/h2-6,8,10H,7,9H2,1H3,(H,22,26)(H,24,25). The van der Waals surface area contributed by atoms with Gasteiger partial charge >= 0.3 is 5.97 Å². The van der Waals surface area contributed by atoms with Crippen LogP contribution in [0.4, 0.5) is 10.1 Å². The van der Waals surface area contributed by atoms with Crippen molar-refractivity contribution >= 4 is 51.1 Å². The Morgan fingerprint density at radius 1 is 1.23 bits per heavy atom. The number of rotatable bonds is 5. The van der Waals surface area contributed by atoms with E-state index in [-0.39, 0.29) is 11.5 Å². The lowest BCUT2D eigenvalue weighted by atomic mass is 10.1. The number of aryl methyl sites for hydroxylation is 1. The fourth-order valence-corrected chi connectivity index (χ4v) is 3.54. The van der Waals surface area contributed by atoms with Gasteiger partial charge in [0.1, 0.15) is 5.82 Å². The van der Waals surface area contributed by atoms with Crippen LogP contribution in [0.5, 0.6) is 0 Å². The highest BCUT2D eigenvalue weighted by Gasteiger charge is 2.17. The molecule has 0 aliphatic rings. The highest BCUT2D eigenvalue weighted by molar-refractivity contribution is 14.1. The smallest absolute Gasteiger partial charge is 0.307 e. The van der Waals surface area contributed by atoms with Crippen molar-refractivity contribution in [2.75, 3.05) is 5.32 Å². The number of hydrogen-bond acceptors (Lipinski definition) is 2. The Bertz CT molecular complexity index is 1010. The molecule has 0 atom stereocenters. The van der Waals surface area contributed by atoms with Gasteiger partial charge in [0.05, 0.1) is 12.0 Å². The number of anilines is 1. The average molecular weight is 466 g/mol. The van der Waals surface area contributed by atoms with Crippen molar-refractivity contribution in [3.8, 4) is 0 Å². The number of carbonyl (C=O) groups is 2. The van der Waals surface area contributed by atoms with Crippen molar-refractivity contribution in [3.63, 3.8) is 0 Å². The van der Waals surface area contributed by atoms with Crippen molar-refractivity contribution in [1.29, 1.82) is 0 Å². The maximum absolute atomic E-state index is 14.2. The van der Waals surface area contributed by atoms with E-state index >= 15 is 0 Å². The van der Waals surface area contributed by atoms with Gasteiger partial charge in [0.2, 0.25) is 0 Å². The normalized spacial score (nSPS) is 10.9. The second-order valence-electron chi connectivity index (χ2n) is 5.93. The minimum Gasteiger partial charge on any atom is -0.481 e. The van der Waals surface area contributed by atoms with Crippen molar-refractivity contribution < 1.29 is 19.1 Å². The third-order valence-electron chi connectivity index (χ3n) is 4.15. The Labute approximate surface area is 163 Å². The van der Waals surface area contributed by atoms with E-state index in [4.69, 9.17) is 5.11 Å². The number of carbonyl (C=O) groups excluding carboxylic acids is 1. The van der Waals surface area contributed by atoms with Gasteiger partial charge in [0.25, 0.3) is 5.91 Å². The monoisotopic (exact) mass is 466 g/mol. The molecule has 0 unspecified atom stereocenters. The number of hydrogen-bond donors (Lipinski definition) is 2. The van der Waals surface area contributed by atoms with E-state index in [0.717, 1.165) is 10.9 Å². The number of para-hydroxylation sites is 1. The number of aromatic nitrogens is 1. The number of nitrogens with one attached hydrogen (secondary N) is 1. The predicted molar refractivity (Wildman–Crippen MR) is 106 cm³/mol. The van der Waals surface area contributed by atoms with Crippen molar-refractivity contribution in [2.24, 2.45) is 7.05 Å². The van der Waals surface area contributed by atoms with E-state index in [2.05, 4.69) is 27.9 Å². The summed E-state index contributed by atoms with van der Waals surface area (Å²) in [6, 6.07) is 10.2. The molecular formula is C19H16FIN2O3. The molecular weight excluding hydrogens is 450 g/mol. The quantitative estimate of drug-likeness (QED) is 0.439. The molecule has 0 saturated carbocycles. The molecule has 0 fully saturated rings. The number of carboxylic acids is 1. The summed E-state index contributed by atoms with van der Waals surface area (Å²) in [6.07, 6.45) is 1.34. The lowest BCUT2D eigenvalue weighted by Gasteiger charge is -2.12. The minimum absolute atomic E-state index is 0.104. The molecule has 26 heavy (non-hydrogen) atoms. The number of nitrogens with zero attached hydrogens (tertiary/aromatic N) is 1. The molecule has 1 amide bonds. The zero-order valence-electron chi connectivity index (χ0n) is 13.9. The van der Waals surface area contributed by atoms with Crippen LogP contribution < -0.4 is 5.32 Å². The van der Waals surface area contributed by atoms with Crippen LogP contribution in [0.1, 0.15) is 21.5 Å². The first-order valence-electron chi connectivity index (χ1n) is 7.85. The molecule has 2 aromatic carbocycles. The van der Waals surface area contributed by atoms with Crippen LogP contribution in [0, 0.1) is 5.82 Å². The highest BCUT2D eigenvalue weighted by atomic mass is 127. The summed E-state index contributed by atoms with van der Waals surface area (Å²) in [6.45, 7) is 0. The molecule has 2 N–H and O–H groups in total. The molecule has 0 radical (unpaired) electrons. The molecule has 0 saturated heterocycles. The maximum Gasteiger partial charge on any atom is 0.307 e. The second-order valence-corrected chi connectivity index (χ2v) is 6.69. The SMILES string of the molecule is Cn1cc(C(=O)Nc2cc(F)c(CC(=O)O)cc2CI)c2ccccc21. The predicted octanol–water partition coefficient (Wildman–Crippen LogP) is 4.13. The summed E-state index contributed by atoms with van der Waals surface area (Å²) in [5.41, 5.74) is 2.56. The van der Waals surface area contributed by atoms with Crippen LogP contribution >= 0.6 is 22.6 Å². The summed E-state index contributed by atoms with van der Waals surface area (Å²) in [7, 11) is 1.86. The first kappa shape index (κ1) is 18.4. The van der Waals surface area contributed by atoms with Gasteiger partial charge in [-0.15, -0.1) is 0 Å². The molecule has 0 bridgehead atoms. The number of benzene rings is 2. The van der Waals surface area contributed by atoms with Crippen LogP contribution in [-0.4, -0.2) is 21.6 Å². The molecule has 134 valence electrons. The zero-order chi connectivity index (χ0) is 18.8. The van der Waals surface area contributed by atoms with Gasteiger partial charge in [0.15, 0.2) is 0 Å². The van der Waals surface area contributed by atoms with Gasteiger partial charge in [-0.05, 0) is 29.3 Å². The van der Waals surface area contributed by atoms with E-state index in [0.29, 0.717) is 21.2 Å². The van der Waals surface area contributed by atoms with Crippen LogP contribution in [0.25, 0.3) is 10.9 Å². The second kappa shape index (κ2) is 7.45. The number of alkyl halides is 1. The fraction of sp³-hybridized carbons (Fsp3) is 0.158. The molecule has 0 aliphatic carbocycles. The number of aliphatic carboxylic acids is 1. The molecule has 7 heteroatoms. The number of fused-ring (bicyclic) bond motifs is 1. The summed E-state index contributed by atoms with van der Waals surface area (Å²) in [5.74, 6) is -2.08. The summed E-state index contributed by atoms with van der Waals surface area (Å²) in [5, 5.41) is 12.5.